The molecule has 0 aliphatic carbocycles. The minimum absolute atomic E-state index is 0.187. The van der Waals surface area contributed by atoms with Crippen LogP contribution in [0, 0.1) is 0 Å². The number of fused-ring (bicyclic) bond motifs is 1. The van der Waals surface area contributed by atoms with Gasteiger partial charge in [0, 0.05) is 50.0 Å². The summed E-state index contributed by atoms with van der Waals surface area (Å²) < 4.78 is 37.8. The number of piperazine rings is 1. The maximum atomic E-state index is 12.8. The van der Waals surface area contributed by atoms with E-state index in [0.29, 0.717) is 60.4 Å². The van der Waals surface area contributed by atoms with Crippen molar-refractivity contribution in [1.82, 2.24) is 9.21 Å². The van der Waals surface area contributed by atoms with Crippen LogP contribution in [0.4, 0.5) is 5.69 Å². The highest BCUT2D eigenvalue weighted by Crippen LogP contribution is 2.34. The molecular weight excluding hydrogens is 454 g/mol. The van der Waals surface area contributed by atoms with Gasteiger partial charge >= 0.3 is 0 Å². The summed E-state index contributed by atoms with van der Waals surface area (Å²) in [5.74, 6) is 1.08. The second-order valence-electron chi connectivity index (χ2n) is 8.21. The number of amides is 1. The smallest absolute Gasteiger partial charge is 0.255 e. The molecule has 1 N–H and O–H groups in total. The molecule has 0 unspecified atom stereocenters. The second-order valence-corrected chi connectivity index (χ2v) is 10.2. The van der Waals surface area contributed by atoms with E-state index in [1.165, 1.54) is 0 Å². The fourth-order valence-corrected chi connectivity index (χ4v) is 5.51. The Balaban J connectivity index is 1.15. The molecule has 2 heterocycles. The number of rotatable bonds is 6. The van der Waals surface area contributed by atoms with Gasteiger partial charge in [0.2, 0.25) is 16.8 Å². The van der Waals surface area contributed by atoms with Crippen molar-refractivity contribution < 1.29 is 22.7 Å². The zero-order valence-electron chi connectivity index (χ0n) is 18.5. The van der Waals surface area contributed by atoms with E-state index in [2.05, 4.69) is 10.2 Å². The quantitative estimate of drug-likeness (QED) is 0.584. The van der Waals surface area contributed by atoms with Crippen LogP contribution < -0.4 is 14.8 Å². The number of carbonyl (C=O) groups excluding carboxylic acids is 1. The number of sulfonamides is 1. The molecule has 1 amide bonds. The average Bonchev–Trinajstić information content (AvgIpc) is 3.33. The van der Waals surface area contributed by atoms with Crippen molar-refractivity contribution in [1.29, 1.82) is 0 Å². The highest BCUT2D eigenvalue weighted by atomic mass is 32.2. The van der Waals surface area contributed by atoms with Crippen LogP contribution in [-0.2, 0) is 16.6 Å². The van der Waals surface area contributed by atoms with Gasteiger partial charge in [-0.05, 0) is 42.0 Å². The lowest BCUT2D eigenvalue weighted by Gasteiger charge is -2.34. The van der Waals surface area contributed by atoms with Gasteiger partial charge in [0.15, 0.2) is 11.5 Å². The van der Waals surface area contributed by atoms with Crippen molar-refractivity contribution in [2.24, 2.45) is 0 Å². The van der Waals surface area contributed by atoms with Crippen LogP contribution >= 0.6 is 0 Å². The predicted molar refractivity (Wildman–Crippen MR) is 127 cm³/mol. The van der Waals surface area contributed by atoms with Crippen LogP contribution in [0.5, 0.6) is 11.5 Å². The lowest BCUT2D eigenvalue weighted by molar-refractivity contribution is 0.102. The fourth-order valence-electron chi connectivity index (χ4n) is 4.07. The van der Waals surface area contributed by atoms with Gasteiger partial charge in [-0.15, -0.1) is 0 Å². The van der Waals surface area contributed by atoms with E-state index in [-0.39, 0.29) is 12.7 Å². The minimum atomic E-state index is -3.46. The standard InChI is InChI=1S/C25H25N3O5S/c29-25(26-21-10-11-23-24(16-21)33-18-32-23)20-8-6-19(7-9-20)17-27-12-14-28(15-13-27)34(30,31)22-4-2-1-3-5-22/h1-11,16H,12-15,17-18H2,(H,26,29). The van der Waals surface area contributed by atoms with E-state index < -0.39 is 10.0 Å². The molecule has 3 aromatic carbocycles. The first kappa shape index (κ1) is 22.4. The topological polar surface area (TPSA) is 88.2 Å². The molecule has 0 bridgehead atoms. The number of nitrogens with zero attached hydrogens (tertiary/aromatic N) is 2. The number of hydrogen-bond acceptors (Lipinski definition) is 6. The van der Waals surface area contributed by atoms with Crippen molar-refractivity contribution in [3.05, 3.63) is 83.9 Å². The van der Waals surface area contributed by atoms with Crippen molar-refractivity contribution in [3.8, 4) is 11.5 Å². The van der Waals surface area contributed by atoms with Crippen LogP contribution in [0.2, 0.25) is 0 Å². The van der Waals surface area contributed by atoms with E-state index in [4.69, 9.17) is 9.47 Å². The van der Waals surface area contributed by atoms with Gasteiger partial charge in [-0.25, -0.2) is 8.42 Å². The van der Waals surface area contributed by atoms with Crippen molar-refractivity contribution in [3.63, 3.8) is 0 Å². The van der Waals surface area contributed by atoms with Gasteiger partial charge in [0.1, 0.15) is 0 Å². The van der Waals surface area contributed by atoms with Gasteiger partial charge in [-0.1, -0.05) is 30.3 Å². The Labute approximate surface area is 198 Å². The van der Waals surface area contributed by atoms with E-state index >= 15 is 0 Å². The number of hydrogen-bond donors (Lipinski definition) is 1. The molecule has 1 saturated heterocycles. The molecule has 0 aromatic heterocycles. The van der Waals surface area contributed by atoms with Gasteiger partial charge in [0.05, 0.1) is 4.90 Å². The lowest BCUT2D eigenvalue weighted by Crippen LogP contribution is -2.48. The molecule has 8 nitrogen and oxygen atoms in total. The molecule has 176 valence electrons. The van der Waals surface area contributed by atoms with Crippen LogP contribution in [0.15, 0.2) is 77.7 Å². The first-order valence-corrected chi connectivity index (χ1v) is 12.5. The molecule has 0 atom stereocenters. The molecule has 0 spiro atoms. The average molecular weight is 480 g/mol. The Morgan fingerprint density at radius 2 is 1.56 bits per heavy atom. The summed E-state index contributed by atoms with van der Waals surface area (Å²) in [7, 11) is -3.46. The molecule has 2 aliphatic heterocycles. The highest BCUT2D eigenvalue weighted by molar-refractivity contribution is 7.89. The maximum absolute atomic E-state index is 12.8. The molecule has 9 heteroatoms. The van der Waals surface area contributed by atoms with E-state index in [1.54, 1.807) is 58.9 Å². The van der Waals surface area contributed by atoms with E-state index in [9.17, 15) is 13.2 Å². The molecule has 34 heavy (non-hydrogen) atoms. The zero-order valence-corrected chi connectivity index (χ0v) is 19.3. The third-order valence-corrected chi connectivity index (χ3v) is 7.88. The largest absolute Gasteiger partial charge is 0.454 e. The molecule has 2 aliphatic rings. The first-order chi connectivity index (χ1) is 16.5. The summed E-state index contributed by atoms with van der Waals surface area (Å²) >= 11 is 0. The Morgan fingerprint density at radius 3 is 2.29 bits per heavy atom. The van der Waals surface area contributed by atoms with Crippen molar-refractivity contribution in [2.45, 2.75) is 11.4 Å². The molecule has 1 fully saturated rings. The molecule has 3 aromatic rings. The molecule has 0 radical (unpaired) electrons. The van der Waals surface area contributed by atoms with Gasteiger partial charge < -0.3 is 14.8 Å². The normalized spacial score (nSPS) is 16.4. The van der Waals surface area contributed by atoms with Crippen molar-refractivity contribution >= 4 is 21.6 Å². The third-order valence-electron chi connectivity index (χ3n) is 5.96. The van der Waals surface area contributed by atoms with Crippen LogP contribution in [0.1, 0.15) is 15.9 Å². The Morgan fingerprint density at radius 1 is 0.853 bits per heavy atom. The van der Waals surface area contributed by atoms with Gasteiger partial charge in [0.25, 0.3) is 5.91 Å². The van der Waals surface area contributed by atoms with Crippen LogP contribution in [0.3, 0.4) is 0 Å². The van der Waals surface area contributed by atoms with Gasteiger partial charge in [-0.2, -0.15) is 4.31 Å². The summed E-state index contributed by atoms with van der Waals surface area (Å²) in [5, 5.41) is 2.87. The SMILES string of the molecule is O=C(Nc1ccc2c(c1)OCO2)c1ccc(CN2CCN(S(=O)(=O)c3ccccc3)CC2)cc1. The van der Waals surface area contributed by atoms with Crippen LogP contribution in [-0.4, -0.2) is 56.5 Å². The zero-order chi connectivity index (χ0) is 23.5. The lowest BCUT2D eigenvalue weighted by atomic mass is 10.1. The number of benzene rings is 3. The highest BCUT2D eigenvalue weighted by Gasteiger charge is 2.28. The number of ether oxygens (including phenoxy) is 2. The Hall–Kier alpha value is -3.40. The monoisotopic (exact) mass is 479 g/mol. The number of nitrogens with one attached hydrogen (secondary N) is 1. The fraction of sp³-hybridized carbons (Fsp3) is 0.240. The predicted octanol–water partition coefficient (Wildman–Crippen LogP) is 3.17. The summed E-state index contributed by atoms with van der Waals surface area (Å²) in [5.41, 5.74) is 2.26. The van der Waals surface area contributed by atoms with Gasteiger partial charge in [-0.3, -0.25) is 9.69 Å². The molecule has 5 rings (SSSR count). The molecular formula is C25H25N3O5S. The Bertz CT molecular complexity index is 1270. The molecule has 0 saturated carbocycles. The number of anilines is 1. The second kappa shape index (κ2) is 9.46. The summed E-state index contributed by atoms with van der Waals surface area (Å²) in [6.45, 7) is 3.09. The third kappa shape index (κ3) is 4.77. The van der Waals surface area contributed by atoms with Crippen LogP contribution in [0.25, 0.3) is 0 Å². The summed E-state index contributed by atoms with van der Waals surface area (Å²) in [4.78, 5) is 15.2. The Kier molecular flexibility index (Phi) is 6.23. The summed E-state index contributed by atoms with van der Waals surface area (Å²) in [6, 6.07) is 21.3. The maximum Gasteiger partial charge on any atom is 0.255 e. The number of carbonyl (C=O) groups is 1. The van der Waals surface area contributed by atoms with E-state index in [0.717, 1.165) is 5.56 Å². The van der Waals surface area contributed by atoms with E-state index in [1.807, 2.05) is 18.2 Å². The van der Waals surface area contributed by atoms with Crippen molar-refractivity contribution in [2.75, 3.05) is 38.3 Å². The first-order valence-electron chi connectivity index (χ1n) is 11.1. The summed E-state index contributed by atoms with van der Waals surface area (Å²) in [6.07, 6.45) is 0. The minimum Gasteiger partial charge on any atom is -0.454 e.